The van der Waals surface area contributed by atoms with Gasteiger partial charge in [0, 0.05) is 56.7 Å². The standard InChI is InChI=1S/C13H21N5/c1-10-7-11(2)16-13(15-10)18-8-12(9-18)17-5-3-14-4-6-17/h7,12,14H,3-6,8-9H2,1-2H3. The van der Waals surface area contributed by atoms with Crippen LogP contribution in [0.5, 0.6) is 0 Å². The normalized spacial score (nSPS) is 22.0. The van der Waals surface area contributed by atoms with E-state index in [2.05, 4.69) is 25.1 Å². The number of rotatable bonds is 2. The van der Waals surface area contributed by atoms with E-state index < -0.39 is 0 Å². The summed E-state index contributed by atoms with van der Waals surface area (Å²) in [6.45, 7) is 10.8. The Morgan fingerprint density at radius 1 is 1.11 bits per heavy atom. The number of hydrogen-bond donors (Lipinski definition) is 1. The van der Waals surface area contributed by atoms with Gasteiger partial charge in [0.2, 0.25) is 5.95 Å². The van der Waals surface area contributed by atoms with E-state index in [1.54, 1.807) is 0 Å². The Morgan fingerprint density at radius 3 is 2.33 bits per heavy atom. The molecule has 0 bridgehead atoms. The molecule has 1 aromatic rings. The second-order valence-electron chi connectivity index (χ2n) is 5.30. The third-order valence-corrected chi connectivity index (χ3v) is 3.78. The van der Waals surface area contributed by atoms with Crippen molar-refractivity contribution in [2.45, 2.75) is 19.9 Å². The topological polar surface area (TPSA) is 44.3 Å². The van der Waals surface area contributed by atoms with Crippen LogP contribution in [0.25, 0.3) is 0 Å². The van der Waals surface area contributed by atoms with Crippen LogP contribution in [0.2, 0.25) is 0 Å². The van der Waals surface area contributed by atoms with E-state index in [0.717, 1.165) is 43.5 Å². The van der Waals surface area contributed by atoms with Gasteiger partial charge in [-0.2, -0.15) is 0 Å². The smallest absolute Gasteiger partial charge is 0.225 e. The van der Waals surface area contributed by atoms with Crippen molar-refractivity contribution in [1.29, 1.82) is 0 Å². The van der Waals surface area contributed by atoms with Crippen molar-refractivity contribution < 1.29 is 0 Å². The highest BCUT2D eigenvalue weighted by Gasteiger charge is 2.33. The van der Waals surface area contributed by atoms with Crippen LogP contribution in [0.4, 0.5) is 5.95 Å². The van der Waals surface area contributed by atoms with Crippen molar-refractivity contribution >= 4 is 5.95 Å². The van der Waals surface area contributed by atoms with E-state index >= 15 is 0 Å². The van der Waals surface area contributed by atoms with Gasteiger partial charge < -0.3 is 10.2 Å². The van der Waals surface area contributed by atoms with Gasteiger partial charge in [0.1, 0.15) is 0 Å². The lowest BCUT2D eigenvalue weighted by Gasteiger charge is -2.46. The van der Waals surface area contributed by atoms with Gasteiger partial charge >= 0.3 is 0 Å². The fourth-order valence-corrected chi connectivity index (χ4v) is 2.75. The molecule has 5 nitrogen and oxygen atoms in total. The molecule has 1 N–H and O–H groups in total. The Morgan fingerprint density at radius 2 is 1.72 bits per heavy atom. The number of nitrogens with one attached hydrogen (secondary N) is 1. The average Bonchev–Trinajstić information content (AvgIpc) is 2.27. The molecule has 98 valence electrons. The van der Waals surface area contributed by atoms with Crippen LogP contribution in [-0.2, 0) is 0 Å². The van der Waals surface area contributed by atoms with Gasteiger partial charge in [0.15, 0.2) is 0 Å². The number of aromatic nitrogens is 2. The third-order valence-electron chi connectivity index (χ3n) is 3.78. The van der Waals surface area contributed by atoms with E-state index in [1.165, 1.54) is 13.1 Å². The summed E-state index contributed by atoms with van der Waals surface area (Å²) < 4.78 is 0. The molecule has 0 aliphatic carbocycles. The first-order chi connectivity index (χ1) is 8.72. The molecule has 0 amide bonds. The van der Waals surface area contributed by atoms with Crippen molar-refractivity contribution in [3.63, 3.8) is 0 Å². The summed E-state index contributed by atoms with van der Waals surface area (Å²) in [6.07, 6.45) is 0. The minimum atomic E-state index is 0.691. The Balaban J connectivity index is 1.60. The zero-order valence-corrected chi connectivity index (χ0v) is 11.2. The zero-order chi connectivity index (χ0) is 12.5. The van der Waals surface area contributed by atoms with Crippen molar-refractivity contribution in [2.24, 2.45) is 0 Å². The molecule has 2 fully saturated rings. The molecule has 2 aliphatic rings. The van der Waals surface area contributed by atoms with Gasteiger partial charge in [-0.3, -0.25) is 4.90 Å². The number of piperazine rings is 1. The predicted octanol–water partition coefficient (Wildman–Crippen LogP) is 0.187. The van der Waals surface area contributed by atoms with Crippen molar-refractivity contribution in [3.05, 3.63) is 17.5 Å². The summed E-state index contributed by atoms with van der Waals surface area (Å²) in [5.74, 6) is 0.902. The Hall–Kier alpha value is -1.20. The first-order valence-corrected chi connectivity index (χ1v) is 6.74. The number of aryl methyl sites for hydroxylation is 2. The molecule has 2 saturated heterocycles. The second kappa shape index (κ2) is 4.82. The summed E-state index contributed by atoms with van der Waals surface area (Å²) in [5, 5.41) is 3.40. The molecular weight excluding hydrogens is 226 g/mol. The lowest BCUT2D eigenvalue weighted by atomic mass is 10.1. The molecule has 3 heterocycles. The molecule has 5 heteroatoms. The maximum absolute atomic E-state index is 4.52. The lowest BCUT2D eigenvalue weighted by Crippen LogP contribution is -2.63. The first kappa shape index (κ1) is 11.9. The van der Waals surface area contributed by atoms with Crippen molar-refractivity contribution in [2.75, 3.05) is 44.2 Å². The molecule has 1 aromatic heterocycles. The maximum Gasteiger partial charge on any atom is 0.225 e. The highest BCUT2D eigenvalue weighted by atomic mass is 15.4. The van der Waals surface area contributed by atoms with Crippen molar-refractivity contribution in [3.8, 4) is 0 Å². The molecule has 2 aliphatic heterocycles. The Bertz CT molecular complexity index is 401. The van der Waals surface area contributed by atoms with Crippen LogP contribution in [0.15, 0.2) is 6.07 Å². The summed E-state index contributed by atoms with van der Waals surface area (Å²) in [7, 11) is 0. The van der Waals surface area contributed by atoms with Crippen LogP contribution < -0.4 is 10.2 Å². The molecule has 0 unspecified atom stereocenters. The fraction of sp³-hybridized carbons (Fsp3) is 0.692. The van der Waals surface area contributed by atoms with Crippen molar-refractivity contribution in [1.82, 2.24) is 20.2 Å². The monoisotopic (exact) mass is 247 g/mol. The Labute approximate surface area is 108 Å². The summed E-state index contributed by atoms with van der Waals surface area (Å²) in [5.41, 5.74) is 2.12. The fourth-order valence-electron chi connectivity index (χ4n) is 2.75. The van der Waals surface area contributed by atoms with Gasteiger partial charge in [-0.25, -0.2) is 9.97 Å². The highest BCUT2D eigenvalue weighted by molar-refractivity contribution is 5.37. The van der Waals surface area contributed by atoms with Gasteiger partial charge in [-0.15, -0.1) is 0 Å². The molecule has 3 rings (SSSR count). The Kier molecular flexibility index (Phi) is 3.18. The first-order valence-electron chi connectivity index (χ1n) is 6.74. The minimum Gasteiger partial charge on any atom is -0.338 e. The highest BCUT2D eigenvalue weighted by Crippen LogP contribution is 2.21. The average molecular weight is 247 g/mol. The minimum absolute atomic E-state index is 0.691. The molecule has 0 saturated carbocycles. The van der Waals surface area contributed by atoms with Crippen LogP contribution in [0.1, 0.15) is 11.4 Å². The molecule has 0 aromatic carbocycles. The predicted molar refractivity (Wildman–Crippen MR) is 71.9 cm³/mol. The summed E-state index contributed by atoms with van der Waals surface area (Å²) in [4.78, 5) is 13.9. The van der Waals surface area contributed by atoms with E-state index in [4.69, 9.17) is 0 Å². The van der Waals surface area contributed by atoms with E-state index in [0.29, 0.717) is 6.04 Å². The van der Waals surface area contributed by atoms with Gasteiger partial charge in [-0.05, 0) is 19.9 Å². The summed E-state index contributed by atoms with van der Waals surface area (Å²) >= 11 is 0. The van der Waals surface area contributed by atoms with Gasteiger partial charge in [0.05, 0.1) is 0 Å². The van der Waals surface area contributed by atoms with Crippen LogP contribution in [0.3, 0.4) is 0 Å². The van der Waals surface area contributed by atoms with Gasteiger partial charge in [0.25, 0.3) is 0 Å². The quantitative estimate of drug-likeness (QED) is 0.808. The van der Waals surface area contributed by atoms with E-state index in [-0.39, 0.29) is 0 Å². The molecular formula is C13H21N5. The summed E-state index contributed by atoms with van der Waals surface area (Å²) in [6, 6.07) is 2.72. The SMILES string of the molecule is Cc1cc(C)nc(N2CC(N3CCNCC3)C2)n1. The van der Waals surface area contributed by atoms with E-state index in [1.807, 2.05) is 19.9 Å². The molecule has 0 spiro atoms. The molecule has 0 atom stereocenters. The third kappa shape index (κ3) is 2.33. The molecule has 18 heavy (non-hydrogen) atoms. The van der Waals surface area contributed by atoms with Crippen LogP contribution >= 0.6 is 0 Å². The largest absolute Gasteiger partial charge is 0.338 e. The van der Waals surface area contributed by atoms with Gasteiger partial charge in [-0.1, -0.05) is 0 Å². The maximum atomic E-state index is 4.52. The van der Waals surface area contributed by atoms with E-state index in [9.17, 15) is 0 Å². The molecule has 0 radical (unpaired) electrons. The zero-order valence-electron chi connectivity index (χ0n) is 11.2. The number of hydrogen-bond acceptors (Lipinski definition) is 5. The lowest BCUT2D eigenvalue weighted by molar-refractivity contribution is 0.146. The number of nitrogens with zero attached hydrogens (tertiary/aromatic N) is 4. The number of anilines is 1. The van der Waals surface area contributed by atoms with Crippen LogP contribution in [-0.4, -0.2) is 60.2 Å². The second-order valence-corrected chi connectivity index (χ2v) is 5.30. The van der Waals surface area contributed by atoms with Crippen LogP contribution in [0, 0.1) is 13.8 Å².